The summed E-state index contributed by atoms with van der Waals surface area (Å²) in [7, 11) is 0. The summed E-state index contributed by atoms with van der Waals surface area (Å²) < 4.78 is 16.2. The maximum absolute atomic E-state index is 5.56. The molecule has 0 N–H and O–H groups in total. The van der Waals surface area contributed by atoms with Gasteiger partial charge >= 0.3 is 0 Å². The molecule has 2 rings (SSSR count). The van der Waals surface area contributed by atoms with Crippen LogP contribution in [0.3, 0.4) is 0 Å². The van der Waals surface area contributed by atoms with Gasteiger partial charge in [0.25, 0.3) is 0 Å². The number of unbranched alkanes of at least 4 members (excludes halogenated alkanes) is 1. The first-order valence-corrected chi connectivity index (χ1v) is 6.29. The standard InChI is InChI=1S/C14H20O3/c1-2-3-8-15-9-12-4-6-13(7-5-12)16-10-14-11-17-14/h4-7,14H,2-3,8-11H2,1H3. The molecule has 1 aliphatic heterocycles. The highest BCUT2D eigenvalue weighted by Crippen LogP contribution is 2.16. The Balaban J connectivity index is 1.68. The molecule has 1 fully saturated rings. The molecule has 0 aromatic heterocycles. The molecule has 1 aromatic carbocycles. The zero-order valence-electron chi connectivity index (χ0n) is 10.4. The predicted octanol–water partition coefficient (Wildman–Crippen LogP) is 2.78. The molecule has 1 aliphatic rings. The molecule has 0 aliphatic carbocycles. The first kappa shape index (κ1) is 12.4. The van der Waals surface area contributed by atoms with Gasteiger partial charge in [0.2, 0.25) is 0 Å². The minimum absolute atomic E-state index is 0.312. The van der Waals surface area contributed by atoms with Crippen LogP contribution in [-0.4, -0.2) is 25.9 Å². The topological polar surface area (TPSA) is 31.0 Å². The molecule has 17 heavy (non-hydrogen) atoms. The van der Waals surface area contributed by atoms with Crippen molar-refractivity contribution in [2.45, 2.75) is 32.5 Å². The largest absolute Gasteiger partial charge is 0.491 e. The van der Waals surface area contributed by atoms with Crippen molar-refractivity contribution in [2.24, 2.45) is 0 Å². The van der Waals surface area contributed by atoms with E-state index in [-0.39, 0.29) is 0 Å². The molecule has 1 unspecified atom stereocenters. The summed E-state index contributed by atoms with van der Waals surface area (Å²) in [4.78, 5) is 0. The van der Waals surface area contributed by atoms with E-state index in [9.17, 15) is 0 Å². The number of epoxide rings is 1. The van der Waals surface area contributed by atoms with Crippen LogP contribution in [0.1, 0.15) is 25.3 Å². The van der Waals surface area contributed by atoms with Gasteiger partial charge in [0.1, 0.15) is 18.5 Å². The van der Waals surface area contributed by atoms with E-state index in [0.29, 0.717) is 19.3 Å². The van der Waals surface area contributed by atoms with Crippen molar-refractivity contribution in [3.05, 3.63) is 29.8 Å². The summed E-state index contributed by atoms with van der Waals surface area (Å²) >= 11 is 0. The third-order valence-corrected chi connectivity index (χ3v) is 2.67. The number of ether oxygens (including phenoxy) is 3. The Hall–Kier alpha value is -1.06. The van der Waals surface area contributed by atoms with Crippen LogP contribution in [0.15, 0.2) is 24.3 Å². The average Bonchev–Trinajstić information content (AvgIpc) is 3.18. The van der Waals surface area contributed by atoms with Crippen LogP contribution < -0.4 is 4.74 Å². The van der Waals surface area contributed by atoms with Crippen molar-refractivity contribution in [3.63, 3.8) is 0 Å². The fourth-order valence-electron chi connectivity index (χ4n) is 1.47. The van der Waals surface area contributed by atoms with Crippen LogP contribution in [-0.2, 0) is 16.1 Å². The van der Waals surface area contributed by atoms with Crippen molar-refractivity contribution >= 4 is 0 Å². The van der Waals surface area contributed by atoms with E-state index >= 15 is 0 Å². The zero-order chi connectivity index (χ0) is 11.9. The van der Waals surface area contributed by atoms with Gasteiger partial charge in [-0.15, -0.1) is 0 Å². The average molecular weight is 236 g/mol. The van der Waals surface area contributed by atoms with Gasteiger partial charge in [0.05, 0.1) is 13.2 Å². The minimum Gasteiger partial charge on any atom is -0.491 e. The molecular weight excluding hydrogens is 216 g/mol. The summed E-state index contributed by atoms with van der Waals surface area (Å²) in [6.45, 7) is 5.19. The Kier molecular flexibility index (Phi) is 4.83. The lowest BCUT2D eigenvalue weighted by molar-refractivity contribution is 0.118. The van der Waals surface area contributed by atoms with Crippen LogP contribution >= 0.6 is 0 Å². The summed E-state index contributed by atoms with van der Waals surface area (Å²) in [6.07, 6.45) is 2.62. The Morgan fingerprint density at radius 3 is 2.71 bits per heavy atom. The van der Waals surface area contributed by atoms with Gasteiger partial charge in [-0.25, -0.2) is 0 Å². The van der Waals surface area contributed by atoms with Gasteiger partial charge in [-0.05, 0) is 24.1 Å². The fourth-order valence-corrected chi connectivity index (χ4v) is 1.47. The fraction of sp³-hybridized carbons (Fsp3) is 0.571. The number of benzene rings is 1. The Bertz CT molecular complexity index is 317. The number of hydrogen-bond acceptors (Lipinski definition) is 3. The summed E-state index contributed by atoms with van der Waals surface area (Å²) in [5.74, 6) is 0.901. The van der Waals surface area contributed by atoms with Crippen molar-refractivity contribution in [3.8, 4) is 5.75 Å². The smallest absolute Gasteiger partial charge is 0.119 e. The van der Waals surface area contributed by atoms with Gasteiger partial charge in [0, 0.05) is 6.61 Å². The third kappa shape index (κ3) is 4.75. The summed E-state index contributed by atoms with van der Waals surface area (Å²) in [5.41, 5.74) is 1.19. The monoisotopic (exact) mass is 236 g/mol. The van der Waals surface area contributed by atoms with E-state index in [1.54, 1.807) is 0 Å². The van der Waals surface area contributed by atoms with Crippen molar-refractivity contribution < 1.29 is 14.2 Å². The van der Waals surface area contributed by atoms with Crippen molar-refractivity contribution in [1.29, 1.82) is 0 Å². The van der Waals surface area contributed by atoms with Gasteiger partial charge in [-0.3, -0.25) is 0 Å². The lowest BCUT2D eigenvalue weighted by Crippen LogP contribution is -2.04. The van der Waals surface area contributed by atoms with Crippen LogP contribution in [0.5, 0.6) is 5.75 Å². The molecule has 0 radical (unpaired) electrons. The second-order valence-corrected chi connectivity index (χ2v) is 4.32. The van der Waals surface area contributed by atoms with Gasteiger partial charge in [-0.1, -0.05) is 25.5 Å². The highest BCUT2D eigenvalue weighted by Gasteiger charge is 2.22. The Morgan fingerprint density at radius 2 is 2.06 bits per heavy atom. The molecular formula is C14H20O3. The van der Waals surface area contributed by atoms with Crippen LogP contribution in [0.4, 0.5) is 0 Å². The molecule has 3 heteroatoms. The van der Waals surface area contributed by atoms with Crippen LogP contribution in [0.25, 0.3) is 0 Å². The normalized spacial score (nSPS) is 18.1. The molecule has 0 saturated carbocycles. The van der Waals surface area contributed by atoms with Gasteiger partial charge in [0.15, 0.2) is 0 Å². The van der Waals surface area contributed by atoms with E-state index in [1.807, 2.05) is 12.1 Å². The Labute approximate surface area is 103 Å². The molecule has 1 saturated heterocycles. The molecule has 0 bridgehead atoms. The SMILES string of the molecule is CCCCOCc1ccc(OCC2CO2)cc1. The second kappa shape index (κ2) is 6.62. The predicted molar refractivity (Wildman–Crippen MR) is 66.2 cm³/mol. The molecule has 0 spiro atoms. The second-order valence-electron chi connectivity index (χ2n) is 4.32. The van der Waals surface area contributed by atoms with E-state index in [0.717, 1.165) is 25.4 Å². The lowest BCUT2D eigenvalue weighted by Gasteiger charge is -2.06. The highest BCUT2D eigenvalue weighted by atomic mass is 16.6. The summed E-state index contributed by atoms with van der Waals surface area (Å²) in [5, 5.41) is 0. The van der Waals surface area contributed by atoms with E-state index in [4.69, 9.17) is 14.2 Å². The number of rotatable bonds is 8. The third-order valence-electron chi connectivity index (χ3n) is 2.67. The van der Waals surface area contributed by atoms with Gasteiger partial charge < -0.3 is 14.2 Å². The quantitative estimate of drug-likeness (QED) is 0.513. The first-order valence-electron chi connectivity index (χ1n) is 6.29. The van der Waals surface area contributed by atoms with Crippen LogP contribution in [0.2, 0.25) is 0 Å². The van der Waals surface area contributed by atoms with Crippen LogP contribution in [0, 0.1) is 0 Å². The van der Waals surface area contributed by atoms with E-state index in [1.165, 1.54) is 12.0 Å². The molecule has 1 aromatic rings. The molecule has 94 valence electrons. The number of hydrogen-bond donors (Lipinski definition) is 0. The maximum atomic E-state index is 5.56. The maximum Gasteiger partial charge on any atom is 0.119 e. The highest BCUT2D eigenvalue weighted by molar-refractivity contribution is 5.26. The molecule has 3 nitrogen and oxygen atoms in total. The van der Waals surface area contributed by atoms with Crippen molar-refractivity contribution in [2.75, 3.05) is 19.8 Å². The van der Waals surface area contributed by atoms with E-state index < -0.39 is 0 Å². The minimum atomic E-state index is 0.312. The first-order chi connectivity index (χ1) is 8.38. The van der Waals surface area contributed by atoms with Gasteiger partial charge in [-0.2, -0.15) is 0 Å². The molecule has 1 atom stereocenters. The summed E-state index contributed by atoms with van der Waals surface area (Å²) in [6, 6.07) is 8.08. The molecule has 1 heterocycles. The molecule has 0 amide bonds. The van der Waals surface area contributed by atoms with Crippen molar-refractivity contribution in [1.82, 2.24) is 0 Å². The Morgan fingerprint density at radius 1 is 1.29 bits per heavy atom. The zero-order valence-corrected chi connectivity index (χ0v) is 10.4. The lowest BCUT2D eigenvalue weighted by atomic mass is 10.2. The van der Waals surface area contributed by atoms with E-state index in [2.05, 4.69) is 19.1 Å².